The topological polar surface area (TPSA) is 72.8 Å². The summed E-state index contributed by atoms with van der Waals surface area (Å²) in [6, 6.07) is 16.6. The van der Waals surface area contributed by atoms with E-state index in [9.17, 15) is 9.59 Å². The van der Waals surface area contributed by atoms with E-state index in [1.807, 2.05) is 71.6 Å². The van der Waals surface area contributed by atoms with Crippen LogP contribution in [0.3, 0.4) is 0 Å². The van der Waals surface area contributed by atoms with Gasteiger partial charge in [0.05, 0.1) is 0 Å². The fourth-order valence-electron chi connectivity index (χ4n) is 3.92. The first-order valence-electron chi connectivity index (χ1n) is 9.90. The average molecular weight is 403 g/mol. The van der Waals surface area contributed by atoms with Gasteiger partial charge >= 0.3 is 0 Å². The van der Waals surface area contributed by atoms with Crippen molar-refractivity contribution in [1.29, 1.82) is 0 Å². The highest BCUT2D eigenvalue weighted by molar-refractivity contribution is 5.99. The number of rotatable bonds is 5. The van der Waals surface area contributed by atoms with Crippen LogP contribution in [0.5, 0.6) is 11.5 Å². The molecule has 0 bridgehead atoms. The first-order chi connectivity index (χ1) is 14.7. The summed E-state index contributed by atoms with van der Waals surface area (Å²) in [6.45, 7) is 0.561. The quantitative estimate of drug-likeness (QED) is 0.709. The van der Waals surface area contributed by atoms with Crippen molar-refractivity contribution in [3.63, 3.8) is 0 Å². The molecule has 7 nitrogen and oxygen atoms in total. The van der Waals surface area contributed by atoms with Gasteiger partial charge in [0.1, 0.15) is 6.04 Å². The van der Waals surface area contributed by atoms with Gasteiger partial charge in [0.25, 0.3) is 0 Å². The smallest absolute Gasteiger partial charge is 0.247 e. The van der Waals surface area contributed by atoms with Crippen LogP contribution < -0.4 is 14.8 Å². The molecular formula is C23H21N3O4. The van der Waals surface area contributed by atoms with Crippen LogP contribution in [0.25, 0.3) is 5.69 Å². The first kappa shape index (κ1) is 18.3. The van der Waals surface area contributed by atoms with Crippen molar-refractivity contribution < 1.29 is 19.1 Å². The number of anilines is 1. The van der Waals surface area contributed by atoms with Gasteiger partial charge in [-0.05, 0) is 54.4 Å². The van der Waals surface area contributed by atoms with Crippen LogP contribution in [-0.2, 0) is 16.1 Å². The molecule has 2 aliphatic rings. The molecule has 3 aromatic rings. The van der Waals surface area contributed by atoms with Crippen LogP contribution >= 0.6 is 0 Å². The fourth-order valence-corrected chi connectivity index (χ4v) is 3.92. The maximum Gasteiger partial charge on any atom is 0.247 e. The molecule has 152 valence electrons. The van der Waals surface area contributed by atoms with E-state index < -0.39 is 6.04 Å². The third-order valence-corrected chi connectivity index (χ3v) is 5.44. The zero-order valence-electron chi connectivity index (χ0n) is 16.3. The third-order valence-electron chi connectivity index (χ3n) is 5.44. The van der Waals surface area contributed by atoms with Crippen molar-refractivity contribution in [2.24, 2.45) is 0 Å². The summed E-state index contributed by atoms with van der Waals surface area (Å²) in [6.07, 6.45) is 4.77. The number of carbonyl (C=O) groups is 2. The maximum absolute atomic E-state index is 13.0. The lowest BCUT2D eigenvalue weighted by atomic mass is 10.1. The van der Waals surface area contributed by atoms with E-state index in [1.54, 1.807) is 4.90 Å². The number of nitrogens with one attached hydrogen (secondary N) is 1. The van der Waals surface area contributed by atoms with Crippen molar-refractivity contribution in [1.82, 2.24) is 9.47 Å². The van der Waals surface area contributed by atoms with Gasteiger partial charge in [0, 0.05) is 36.7 Å². The van der Waals surface area contributed by atoms with Gasteiger partial charge < -0.3 is 24.3 Å². The molecule has 5 rings (SSSR count). The van der Waals surface area contributed by atoms with Gasteiger partial charge in [-0.15, -0.1) is 0 Å². The zero-order valence-corrected chi connectivity index (χ0v) is 16.3. The highest BCUT2D eigenvalue weighted by atomic mass is 16.7. The number of hydrogen-bond donors (Lipinski definition) is 1. The van der Waals surface area contributed by atoms with Gasteiger partial charge in [-0.25, -0.2) is 0 Å². The van der Waals surface area contributed by atoms with E-state index in [4.69, 9.17) is 9.47 Å². The molecule has 0 aliphatic carbocycles. The van der Waals surface area contributed by atoms with Gasteiger partial charge in [0.15, 0.2) is 11.5 Å². The number of ether oxygens (including phenoxy) is 2. The predicted molar refractivity (Wildman–Crippen MR) is 111 cm³/mol. The van der Waals surface area contributed by atoms with Crippen LogP contribution in [0.4, 0.5) is 5.69 Å². The summed E-state index contributed by atoms with van der Waals surface area (Å²) in [7, 11) is 0. The van der Waals surface area contributed by atoms with Crippen molar-refractivity contribution in [2.45, 2.75) is 25.4 Å². The van der Waals surface area contributed by atoms with Gasteiger partial charge in [-0.2, -0.15) is 0 Å². The molecule has 2 amide bonds. The largest absolute Gasteiger partial charge is 0.454 e. The normalized spacial score (nSPS) is 17.4. The molecular weight excluding hydrogens is 382 g/mol. The molecule has 2 aliphatic heterocycles. The molecule has 0 radical (unpaired) electrons. The highest BCUT2D eigenvalue weighted by Gasteiger charge is 2.36. The minimum atomic E-state index is -0.502. The molecule has 1 saturated heterocycles. The van der Waals surface area contributed by atoms with Crippen LogP contribution in [0.1, 0.15) is 18.4 Å². The average Bonchev–Trinajstić information content (AvgIpc) is 3.50. The Morgan fingerprint density at radius 2 is 1.87 bits per heavy atom. The number of fused-ring (bicyclic) bond motifs is 1. The van der Waals surface area contributed by atoms with E-state index in [-0.39, 0.29) is 18.6 Å². The lowest BCUT2D eigenvalue weighted by Gasteiger charge is -2.24. The van der Waals surface area contributed by atoms with Crippen LogP contribution in [0.15, 0.2) is 67.0 Å². The molecule has 7 heteroatoms. The van der Waals surface area contributed by atoms with E-state index >= 15 is 0 Å². The summed E-state index contributed by atoms with van der Waals surface area (Å²) in [5, 5.41) is 2.97. The number of carbonyl (C=O) groups excluding carboxylic acids is 2. The Kier molecular flexibility index (Phi) is 4.63. The molecule has 1 unspecified atom stereocenters. The molecule has 0 spiro atoms. The molecule has 2 aromatic carbocycles. The lowest BCUT2D eigenvalue weighted by molar-refractivity contribution is -0.133. The van der Waals surface area contributed by atoms with Gasteiger partial charge in [0.2, 0.25) is 18.6 Å². The molecule has 1 atom stereocenters. The molecule has 1 aromatic heterocycles. The Hall–Kier alpha value is -3.74. The Labute approximate surface area is 173 Å². The number of benzene rings is 2. The lowest BCUT2D eigenvalue weighted by Crippen LogP contribution is -2.41. The molecule has 0 saturated carbocycles. The second kappa shape index (κ2) is 7.59. The molecule has 1 fully saturated rings. The zero-order chi connectivity index (χ0) is 20.5. The minimum Gasteiger partial charge on any atom is -0.454 e. The maximum atomic E-state index is 13.0. The Balaban J connectivity index is 1.31. The summed E-state index contributed by atoms with van der Waals surface area (Å²) in [4.78, 5) is 27.1. The number of aromatic nitrogens is 1. The van der Waals surface area contributed by atoms with E-state index in [1.165, 1.54) is 0 Å². The van der Waals surface area contributed by atoms with Crippen LogP contribution in [0, 0.1) is 0 Å². The summed E-state index contributed by atoms with van der Waals surface area (Å²) < 4.78 is 12.7. The highest BCUT2D eigenvalue weighted by Crippen LogP contribution is 2.33. The summed E-state index contributed by atoms with van der Waals surface area (Å²) in [5.41, 5.74) is 2.56. The van der Waals surface area contributed by atoms with Crippen LogP contribution in [0.2, 0.25) is 0 Å². The number of amides is 2. The van der Waals surface area contributed by atoms with E-state index in [0.717, 1.165) is 11.3 Å². The van der Waals surface area contributed by atoms with E-state index in [2.05, 4.69) is 5.32 Å². The SMILES string of the molecule is O=C(Nc1cccc(-n2cccc2)c1)C1CCC(=O)N1Cc1ccc2c(c1)OCO2. The van der Waals surface area contributed by atoms with Gasteiger partial charge in [-0.1, -0.05) is 12.1 Å². The van der Waals surface area contributed by atoms with Crippen molar-refractivity contribution in [3.05, 3.63) is 72.6 Å². The number of likely N-dealkylation sites (tertiary alicyclic amines) is 1. The minimum absolute atomic E-state index is 0.0195. The van der Waals surface area contributed by atoms with Crippen molar-refractivity contribution in [3.8, 4) is 17.2 Å². The molecule has 30 heavy (non-hydrogen) atoms. The van der Waals surface area contributed by atoms with Crippen molar-refractivity contribution >= 4 is 17.5 Å². The second-order valence-electron chi connectivity index (χ2n) is 7.39. The monoisotopic (exact) mass is 403 g/mol. The third kappa shape index (κ3) is 3.50. The predicted octanol–water partition coefficient (Wildman–Crippen LogP) is 3.34. The molecule has 1 N–H and O–H groups in total. The standard InChI is InChI=1S/C23H21N3O4/c27-22-9-7-19(26(22)14-16-6-8-20-21(12-16)30-15-29-20)23(28)24-17-4-3-5-18(13-17)25-10-1-2-11-25/h1-6,8,10-13,19H,7,9,14-15H2,(H,24,28). The van der Waals surface area contributed by atoms with Crippen molar-refractivity contribution in [2.75, 3.05) is 12.1 Å². The Bertz CT molecular complexity index is 1090. The van der Waals surface area contributed by atoms with Gasteiger partial charge in [-0.3, -0.25) is 9.59 Å². The Morgan fingerprint density at radius 3 is 2.73 bits per heavy atom. The summed E-state index contributed by atoms with van der Waals surface area (Å²) in [5.74, 6) is 1.17. The second-order valence-corrected chi connectivity index (χ2v) is 7.39. The molecule has 3 heterocycles. The Morgan fingerprint density at radius 1 is 1.03 bits per heavy atom. The summed E-state index contributed by atoms with van der Waals surface area (Å²) >= 11 is 0. The van der Waals surface area contributed by atoms with Crippen LogP contribution in [-0.4, -0.2) is 34.1 Å². The fraction of sp³-hybridized carbons (Fsp3) is 0.217. The first-order valence-corrected chi connectivity index (χ1v) is 9.90. The van der Waals surface area contributed by atoms with E-state index in [0.29, 0.717) is 36.6 Å². The number of hydrogen-bond acceptors (Lipinski definition) is 4. The number of nitrogens with zero attached hydrogens (tertiary/aromatic N) is 2.